The van der Waals surface area contributed by atoms with Gasteiger partial charge < -0.3 is 24.9 Å². The third-order valence-electron chi connectivity index (χ3n) is 13.3. The van der Waals surface area contributed by atoms with Gasteiger partial charge in [-0.2, -0.15) is 0 Å². The molecule has 4 aromatic rings. The highest BCUT2D eigenvalue weighted by molar-refractivity contribution is 6.36. The second-order valence-electron chi connectivity index (χ2n) is 16.7. The van der Waals surface area contributed by atoms with Crippen LogP contribution in [0.4, 0.5) is 11.4 Å². The second kappa shape index (κ2) is 15.4. The minimum absolute atomic E-state index is 0.251. The van der Waals surface area contributed by atoms with E-state index in [1.165, 1.54) is 32.1 Å². The number of aromatic nitrogens is 4. The summed E-state index contributed by atoms with van der Waals surface area (Å²) in [6, 6.07) is 12.2. The zero-order chi connectivity index (χ0) is 39.3. The number of benzene rings is 2. The van der Waals surface area contributed by atoms with Crippen molar-refractivity contribution in [2.24, 2.45) is 19.5 Å². The van der Waals surface area contributed by atoms with Crippen LogP contribution in [-0.4, -0.2) is 77.0 Å². The van der Waals surface area contributed by atoms with Gasteiger partial charge in [-0.15, -0.1) is 0 Å². The van der Waals surface area contributed by atoms with Gasteiger partial charge in [-0.25, -0.2) is 9.97 Å². The van der Waals surface area contributed by atoms with E-state index in [4.69, 9.17) is 21.6 Å². The first-order chi connectivity index (χ1) is 26.9. The molecule has 4 heterocycles. The number of fused-ring (bicyclic) bond motifs is 2. The molecule has 0 saturated heterocycles. The summed E-state index contributed by atoms with van der Waals surface area (Å²) in [6.07, 6.45) is 11.1. The maximum atomic E-state index is 13.8. The van der Waals surface area contributed by atoms with Crippen LogP contribution in [0.15, 0.2) is 36.4 Å². The third kappa shape index (κ3) is 7.16. The Labute approximate surface area is 333 Å². The van der Waals surface area contributed by atoms with Crippen molar-refractivity contribution in [3.63, 3.8) is 0 Å². The number of carboxylic acids is 1. The molecule has 3 N–H and O–H groups in total. The Morgan fingerprint density at radius 3 is 1.80 bits per heavy atom. The Morgan fingerprint density at radius 2 is 1.25 bits per heavy atom. The summed E-state index contributed by atoms with van der Waals surface area (Å²) in [6.45, 7) is 7.08. The topological polar surface area (TPSA) is 138 Å². The predicted octanol–water partition coefficient (Wildman–Crippen LogP) is 7.37. The van der Waals surface area contributed by atoms with Crippen LogP contribution in [0.1, 0.15) is 114 Å². The number of rotatable bonds is 8. The molecule has 2 aromatic carbocycles. The average Bonchev–Trinajstić information content (AvgIpc) is 3.72. The molecule has 2 aliphatic heterocycles. The summed E-state index contributed by atoms with van der Waals surface area (Å²) in [4.78, 5) is 53.9. The van der Waals surface area contributed by atoms with Crippen LogP contribution in [-0.2, 0) is 44.8 Å². The van der Waals surface area contributed by atoms with Crippen LogP contribution in [0.2, 0.25) is 5.02 Å². The van der Waals surface area contributed by atoms with Gasteiger partial charge in [-0.05, 0) is 75.6 Å². The maximum absolute atomic E-state index is 13.8. The van der Waals surface area contributed by atoms with Crippen LogP contribution in [0.3, 0.4) is 0 Å². The summed E-state index contributed by atoms with van der Waals surface area (Å²) < 4.78 is 3.83. The molecule has 2 saturated carbocycles. The zero-order valence-electron chi connectivity index (χ0n) is 33.0. The van der Waals surface area contributed by atoms with Crippen molar-refractivity contribution in [3.05, 3.63) is 81.4 Å². The van der Waals surface area contributed by atoms with E-state index in [0.29, 0.717) is 59.5 Å². The van der Waals surface area contributed by atoms with E-state index in [1.807, 2.05) is 67.4 Å². The highest BCUT2D eigenvalue weighted by Gasteiger charge is 2.40. The molecular formula is C43H53ClN8O4. The molecule has 13 heteroatoms. The molecule has 4 aliphatic rings. The lowest BCUT2D eigenvalue weighted by Gasteiger charge is -2.41. The van der Waals surface area contributed by atoms with Crippen molar-refractivity contribution in [3.8, 4) is 11.1 Å². The second-order valence-corrected chi connectivity index (χ2v) is 17.0. The normalized spacial score (nSPS) is 22.0. The van der Waals surface area contributed by atoms with E-state index in [-0.39, 0.29) is 11.8 Å². The molecule has 2 fully saturated rings. The molecule has 12 nitrogen and oxygen atoms in total. The Balaban J connectivity index is 0.952. The van der Waals surface area contributed by atoms with Crippen molar-refractivity contribution in [2.45, 2.75) is 110 Å². The lowest BCUT2D eigenvalue weighted by molar-refractivity contribution is -0.150. The molecule has 0 radical (unpaired) electrons. The summed E-state index contributed by atoms with van der Waals surface area (Å²) in [5, 5.41) is 16.2. The quantitative estimate of drug-likeness (QED) is 0.169. The predicted molar refractivity (Wildman–Crippen MR) is 217 cm³/mol. The number of halogens is 1. The van der Waals surface area contributed by atoms with Gasteiger partial charge in [0.05, 0.1) is 27.5 Å². The summed E-state index contributed by atoms with van der Waals surface area (Å²) in [5.74, 6) is -0.581. The van der Waals surface area contributed by atoms with Gasteiger partial charge in [-0.1, -0.05) is 55.1 Å². The van der Waals surface area contributed by atoms with Crippen LogP contribution < -0.4 is 10.6 Å². The smallest absolute Gasteiger partial charge is 0.309 e. The van der Waals surface area contributed by atoms with E-state index >= 15 is 0 Å². The van der Waals surface area contributed by atoms with Crippen molar-refractivity contribution in [2.75, 3.05) is 23.7 Å². The lowest BCUT2D eigenvalue weighted by atomic mass is 9.73. The van der Waals surface area contributed by atoms with Gasteiger partial charge in [-0.3, -0.25) is 24.2 Å². The Bertz CT molecular complexity index is 2180. The number of carbonyl (C=O) groups excluding carboxylic acids is 2. The summed E-state index contributed by atoms with van der Waals surface area (Å²) >= 11 is 7.04. The third-order valence-corrected chi connectivity index (χ3v) is 13.7. The van der Waals surface area contributed by atoms with Gasteiger partial charge >= 0.3 is 5.97 Å². The molecule has 0 unspecified atom stereocenters. The van der Waals surface area contributed by atoms with E-state index in [9.17, 15) is 19.5 Å². The number of hydrogen-bond acceptors (Lipinski definition) is 7. The Kier molecular flexibility index (Phi) is 10.6. The van der Waals surface area contributed by atoms with Crippen molar-refractivity contribution in [1.29, 1.82) is 0 Å². The SMILES string of the molecule is Cc1c(NC(=O)c2nc3c(n2C)CCN(C2CCCCC2)C3)cccc1-c1cccc(NC(=O)c2nc3c(n2C)CCN(C2CCC(C)(C(=O)O)CC2)C3)c1Cl. The molecule has 2 aliphatic carbocycles. The zero-order valence-corrected chi connectivity index (χ0v) is 33.7. The van der Waals surface area contributed by atoms with Crippen LogP contribution >= 0.6 is 11.6 Å². The highest BCUT2D eigenvalue weighted by atomic mass is 35.5. The average molecular weight is 781 g/mol. The molecule has 2 amide bonds. The minimum Gasteiger partial charge on any atom is -0.481 e. The van der Waals surface area contributed by atoms with E-state index in [1.54, 1.807) is 6.07 Å². The van der Waals surface area contributed by atoms with Crippen molar-refractivity contribution in [1.82, 2.24) is 28.9 Å². The number of anilines is 2. The molecule has 0 spiro atoms. The van der Waals surface area contributed by atoms with Gasteiger partial charge in [0.2, 0.25) is 0 Å². The van der Waals surface area contributed by atoms with Gasteiger partial charge in [0.25, 0.3) is 11.8 Å². The fourth-order valence-electron chi connectivity index (χ4n) is 9.65. The minimum atomic E-state index is -0.713. The largest absolute Gasteiger partial charge is 0.481 e. The number of carbonyl (C=O) groups is 3. The number of nitrogens with one attached hydrogen (secondary N) is 2. The summed E-state index contributed by atoms with van der Waals surface area (Å²) in [5.41, 5.74) is 6.97. The summed E-state index contributed by atoms with van der Waals surface area (Å²) in [7, 11) is 3.81. The first-order valence-electron chi connectivity index (χ1n) is 20.2. The molecule has 0 atom stereocenters. The molecule has 296 valence electrons. The Morgan fingerprint density at radius 1 is 0.750 bits per heavy atom. The van der Waals surface area contributed by atoms with Gasteiger partial charge in [0.1, 0.15) is 0 Å². The van der Waals surface area contributed by atoms with Gasteiger partial charge in [0, 0.05) is 87.8 Å². The van der Waals surface area contributed by atoms with Crippen molar-refractivity contribution >= 4 is 40.8 Å². The first kappa shape index (κ1) is 38.4. The standard InChI is InChI=1S/C43H53ClN8O4/c1-26-29(12-8-14-31(26)47-40(53)38-45-33-24-51(22-18-35(33)49(38)3)27-10-6-5-7-11-27)30-13-9-15-32(37(30)44)48-41(54)39-46-34-25-52(23-19-36(34)50(39)4)28-16-20-43(2,21-17-28)42(55)56/h8-9,12-15,27-28H,5-7,10-11,16-25H2,1-4H3,(H,47,53)(H,48,54)(H,55,56). The fraction of sp³-hybridized carbons (Fsp3) is 0.512. The van der Waals surface area contributed by atoms with E-state index < -0.39 is 11.4 Å². The van der Waals surface area contributed by atoms with Crippen LogP contribution in [0, 0.1) is 12.3 Å². The molecule has 0 bridgehead atoms. The monoisotopic (exact) mass is 780 g/mol. The molecular weight excluding hydrogens is 728 g/mol. The number of hydrogen-bond donors (Lipinski definition) is 3. The van der Waals surface area contributed by atoms with Gasteiger partial charge in [0.15, 0.2) is 11.6 Å². The Hall–Kier alpha value is -4.52. The van der Waals surface area contributed by atoms with E-state index in [0.717, 1.165) is 84.8 Å². The lowest BCUT2D eigenvalue weighted by Crippen LogP contribution is -2.44. The van der Waals surface area contributed by atoms with Crippen LogP contribution in [0.5, 0.6) is 0 Å². The van der Waals surface area contributed by atoms with E-state index in [2.05, 4.69) is 20.4 Å². The maximum Gasteiger partial charge on any atom is 0.309 e. The number of aliphatic carboxylic acids is 1. The molecule has 2 aromatic heterocycles. The number of nitrogens with zero attached hydrogens (tertiary/aromatic N) is 6. The molecule has 8 rings (SSSR count). The number of amides is 2. The van der Waals surface area contributed by atoms with Crippen molar-refractivity contribution < 1.29 is 19.5 Å². The first-order valence-corrected chi connectivity index (χ1v) is 20.6. The molecule has 56 heavy (non-hydrogen) atoms. The fourth-order valence-corrected chi connectivity index (χ4v) is 9.92. The number of carboxylic acid groups (broad SMARTS) is 1. The number of imidazole rings is 2. The van der Waals surface area contributed by atoms with Crippen LogP contribution in [0.25, 0.3) is 11.1 Å². The highest BCUT2D eigenvalue weighted by Crippen LogP contribution is 2.40.